The number of hydrogen-bond donors (Lipinski definition) is 1. The predicted molar refractivity (Wildman–Crippen MR) is 79.6 cm³/mol. The summed E-state index contributed by atoms with van der Waals surface area (Å²) in [5.74, 6) is 2.91. The van der Waals surface area contributed by atoms with Gasteiger partial charge in [0.15, 0.2) is 0 Å². The second kappa shape index (κ2) is 8.39. The highest BCUT2D eigenvalue weighted by atomic mass is 32.2. The van der Waals surface area contributed by atoms with Crippen molar-refractivity contribution in [3.8, 4) is 0 Å². The maximum atomic E-state index is 6.28. The lowest BCUT2D eigenvalue weighted by Crippen LogP contribution is -2.42. The van der Waals surface area contributed by atoms with E-state index >= 15 is 0 Å². The third kappa shape index (κ3) is 5.62. The van der Waals surface area contributed by atoms with Crippen LogP contribution in [0.3, 0.4) is 0 Å². The van der Waals surface area contributed by atoms with E-state index in [9.17, 15) is 0 Å². The van der Waals surface area contributed by atoms with E-state index in [1.165, 1.54) is 50.9 Å². The van der Waals surface area contributed by atoms with Crippen LogP contribution in [-0.4, -0.2) is 43.1 Å². The first kappa shape index (κ1) is 15.3. The quantitative estimate of drug-likeness (QED) is 0.761. The average molecular weight is 258 g/mol. The molecule has 0 saturated heterocycles. The number of nitrogens with zero attached hydrogens (tertiary/aromatic N) is 1. The Balaban J connectivity index is 2.33. The zero-order valence-electron chi connectivity index (χ0n) is 11.8. The molecule has 1 saturated carbocycles. The molecule has 1 aliphatic carbocycles. The Kier molecular flexibility index (Phi) is 7.56. The molecule has 2 N–H and O–H groups in total. The van der Waals surface area contributed by atoms with E-state index in [0.29, 0.717) is 6.04 Å². The fourth-order valence-corrected chi connectivity index (χ4v) is 3.50. The predicted octanol–water partition coefficient (Wildman–Crippen LogP) is 2.82. The molecule has 0 heterocycles. The van der Waals surface area contributed by atoms with Crippen LogP contribution in [0.2, 0.25) is 0 Å². The van der Waals surface area contributed by atoms with Crippen molar-refractivity contribution in [1.29, 1.82) is 0 Å². The molecule has 0 radical (unpaired) electrons. The van der Waals surface area contributed by atoms with Crippen molar-refractivity contribution < 1.29 is 0 Å². The zero-order chi connectivity index (χ0) is 12.7. The summed E-state index contributed by atoms with van der Waals surface area (Å²) in [5, 5.41) is 0. The van der Waals surface area contributed by atoms with Crippen molar-refractivity contribution in [3.05, 3.63) is 0 Å². The molecule has 0 amide bonds. The Labute approximate surface area is 112 Å². The van der Waals surface area contributed by atoms with Gasteiger partial charge in [0.05, 0.1) is 0 Å². The Bertz CT molecular complexity index is 199. The first-order valence-electron chi connectivity index (χ1n) is 7.10. The molecule has 3 heteroatoms. The minimum Gasteiger partial charge on any atom is -0.327 e. The SMILES string of the molecule is CCCC1CCC(N)C(CN(C)CCSC)C1. The van der Waals surface area contributed by atoms with E-state index in [4.69, 9.17) is 5.73 Å². The number of hydrogen-bond acceptors (Lipinski definition) is 3. The molecule has 0 bridgehead atoms. The van der Waals surface area contributed by atoms with Crippen molar-refractivity contribution in [2.24, 2.45) is 17.6 Å². The van der Waals surface area contributed by atoms with Gasteiger partial charge in [0.25, 0.3) is 0 Å². The smallest absolute Gasteiger partial charge is 0.00795 e. The first-order valence-corrected chi connectivity index (χ1v) is 8.49. The van der Waals surface area contributed by atoms with Crippen molar-refractivity contribution in [3.63, 3.8) is 0 Å². The molecule has 17 heavy (non-hydrogen) atoms. The van der Waals surface area contributed by atoms with Crippen molar-refractivity contribution in [1.82, 2.24) is 4.90 Å². The van der Waals surface area contributed by atoms with Crippen LogP contribution < -0.4 is 5.73 Å². The largest absolute Gasteiger partial charge is 0.327 e. The van der Waals surface area contributed by atoms with Crippen LogP contribution in [-0.2, 0) is 0 Å². The van der Waals surface area contributed by atoms with Crippen LogP contribution >= 0.6 is 11.8 Å². The highest BCUT2D eigenvalue weighted by Crippen LogP contribution is 2.31. The lowest BCUT2D eigenvalue weighted by molar-refractivity contribution is 0.172. The van der Waals surface area contributed by atoms with Crippen LogP contribution in [0.15, 0.2) is 0 Å². The summed E-state index contributed by atoms with van der Waals surface area (Å²) in [4.78, 5) is 2.47. The van der Waals surface area contributed by atoms with Crippen molar-refractivity contribution in [2.45, 2.75) is 45.1 Å². The normalized spacial score (nSPS) is 29.8. The van der Waals surface area contributed by atoms with Crippen molar-refractivity contribution in [2.75, 3.05) is 32.1 Å². The van der Waals surface area contributed by atoms with E-state index in [0.717, 1.165) is 11.8 Å². The third-order valence-corrected chi connectivity index (χ3v) is 4.66. The molecule has 3 atom stereocenters. The topological polar surface area (TPSA) is 29.3 Å². The molecule has 0 aromatic carbocycles. The molecule has 0 aliphatic heterocycles. The minimum atomic E-state index is 0.444. The van der Waals surface area contributed by atoms with Crippen LogP contribution in [0.4, 0.5) is 0 Å². The van der Waals surface area contributed by atoms with Gasteiger partial charge in [-0.1, -0.05) is 19.8 Å². The maximum absolute atomic E-state index is 6.28. The summed E-state index contributed by atoms with van der Waals surface area (Å²) < 4.78 is 0. The second-order valence-corrected chi connectivity index (χ2v) is 6.63. The molecule has 1 aliphatic rings. The Morgan fingerprint density at radius 3 is 2.76 bits per heavy atom. The average Bonchev–Trinajstić information content (AvgIpc) is 2.31. The molecule has 1 rings (SSSR count). The Hall–Kier alpha value is 0.270. The molecule has 0 aromatic heterocycles. The summed E-state index contributed by atoms with van der Waals surface area (Å²) in [5.41, 5.74) is 6.28. The van der Waals surface area contributed by atoms with Crippen LogP contribution in [0.1, 0.15) is 39.0 Å². The summed E-state index contributed by atoms with van der Waals surface area (Å²) in [6.45, 7) is 4.69. The Morgan fingerprint density at radius 2 is 2.12 bits per heavy atom. The van der Waals surface area contributed by atoms with E-state index in [2.05, 4.69) is 25.1 Å². The summed E-state index contributed by atoms with van der Waals surface area (Å²) in [7, 11) is 2.24. The molecule has 2 nitrogen and oxygen atoms in total. The lowest BCUT2D eigenvalue weighted by Gasteiger charge is -2.36. The maximum Gasteiger partial charge on any atom is 0.00795 e. The van der Waals surface area contributed by atoms with Crippen LogP contribution in [0, 0.1) is 11.8 Å². The molecule has 3 unspecified atom stereocenters. The van der Waals surface area contributed by atoms with Gasteiger partial charge >= 0.3 is 0 Å². The van der Waals surface area contributed by atoms with Gasteiger partial charge in [0, 0.05) is 24.9 Å². The molecule has 0 aromatic rings. The van der Waals surface area contributed by atoms with Crippen molar-refractivity contribution >= 4 is 11.8 Å². The summed E-state index contributed by atoms with van der Waals surface area (Å²) in [6.07, 6.45) is 8.87. The van der Waals surface area contributed by atoms with Gasteiger partial charge < -0.3 is 10.6 Å². The zero-order valence-corrected chi connectivity index (χ0v) is 12.6. The minimum absolute atomic E-state index is 0.444. The van der Waals surface area contributed by atoms with Gasteiger partial charge in [-0.05, 0) is 44.4 Å². The fourth-order valence-electron chi connectivity index (χ4n) is 3.00. The molecular weight excluding hydrogens is 228 g/mol. The Morgan fingerprint density at radius 1 is 1.35 bits per heavy atom. The van der Waals surface area contributed by atoms with E-state index < -0.39 is 0 Å². The van der Waals surface area contributed by atoms with Crippen LogP contribution in [0.25, 0.3) is 0 Å². The first-order chi connectivity index (χ1) is 8.17. The third-order valence-electron chi connectivity index (χ3n) is 4.07. The van der Waals surface area contributed by atoms with Gasteiger partial charge in [-0.3, -0.25) is 0 Å². The van der Waals surface area contributed by atoms with Gasteiger partial charge in [-0.15, -0.1) is 0 Å². The van der Waals surface area contributed by atoms with E-state index in [-0.39, 0.29) is 0 Å². The summed E-state index contributed by atoms with van der Waals surface area (Å²) >= 11 is 1.93. The summed E-state index contributed by atoms with van der Waals surface area (Å²) in [6, 6.07) is 0.444. The fraction of sp³-hybridized carbons (Fsp3) is 1.00. The van der Waals surface area contributed by atoms with Crippen LogP contribution in [0.5, 0.6) is 0 Å². The monoisotopic (exact) mass is 258 g/mol. The second-order valence-electron chi connectivity index (χ2n) is 5.65. The highest BCUT2D eigenvalue weighted by Gasteiger charge is 2.28. The number of thioether (sulfide) groups is 1. The van der Waals surface area contributed by atoms with Gasteiger partial charge in [-0.2, -0.15) is 11.8 Å². The molecule has 0 spiro atoms. The van der Waals surface area contributed by atoms with Gasteiger partial charge in [0.2, 0.25) is 0 Å². The van der Waals surface area contributed by atoms with Gasteiger partial charge in [-0.25, -0.2) is 0 Å². The lowest BCUT2D eigenvalue weighted by atomic mass is 9.76. The van der Waals surface area contributed by atoms with Gasteiger partial charge in [0.1, 0.15) is 0 Å². The highest BCUT2D eigenvalue weighted by molar-refractivity contribution is 7.98. The standard InChI is InChI=1S/C14H30N2S/c1-4-5-12-6-7-14(15)13(10-12)11-16(2)8-9-17-3/h12-14H,4-11,15H2,1-3H3. The molecular formula is C14H30N2S. The number of nitrogens with two attached hydrogens (primary N) is 1. The molecule has 102 valence electrons. The number of rotatable bonds is 7. The van der Waals surface area contributed by atoms with E-state index in [1.807, 2.05) is 11.8 Å². The van der Waals surface area contributed by atoms with E-state index in [1.54, 1.807) is 0 Å². The molecule has 1 fully saturated rings.